The Morgan fingerprint density at radius 2 is 1.47 bits per heavy atom. The summed E-state index contributed by atoms with van der Waals surface area (Å²) in [4.78, 5) is 15.6. The van der Waals surface area contributed by atoms with E-state index in [1.54, 1.807) is 33.6 Å². The number of ether oxygens (including phenoxy) is 3. The maximum Gasteiger partial charge on any atom is 0.264 e. The Kier molecular flexibility index (Phi) is 9.05. The summed E-state index contributed by atoms with van der Waals surface area (Å²) in [6.07, 6.45) is 5.05. The van der Waals surface area contributed by atoms with Gasteiger partial charge in [-0.05, 0) is 48.0 Å². The molecule has 0 fully saturated rings. The molecule has 0 aliphatic carbocycles. The van der Waals surface area contributed by atoms with Crippen LogP contribution in [0.4, 0.5) is 23.4 Å². The summed E-state index contributed by atoms with van der Waals surface area (Å²) in [5.41, 5.74) is 19.0. The van der Waals surface area contributed by atoms with Gasteiger partial charge in [0.1, 0.15) is 5.82 Å². The third-order valence-electron chi connectivity index (χ3n) is 5.02. The minimum Gasteiger partial charge on any atom is -0.493 e. The first-order valence-corrected chi connectivity index (χ1v) is 12.5. The highest BCUT2D eigenvalue weighted by molar-refractivity contribution is 7.92. The first kappa shape index (κ1) is 27.7. The van der Waals surface area contributed by atoms with E-state index in [-0.39, 0.29) is 16.8 Å². The van der Waals surface area contributed by atoms with Crippen LogP contribution in [-0.4, -0.2) is 49.7 Å². The zero-order chi connectivity index (χ0) is 27.7. The van der Waals surface area contributed by atoms with Crippen LogP contribution in [0.25, 0.3) is 0 Å². The van der Waals surface area contributed by atoms with E-state index in [9.17, 15) is 8.42 Å². The van der Waals surface area contributed by atoms with Crippen molar-refractivity contribution in [2.24, 2.45) is 0 Å². The quantitative estimate of drug-likeness (QED) is 0.237. The predicted octanol–water partition coefficient (Wildman–Crippen LogP) is 2.12. The lowest BCUT2D eigenvalue weighted by molar-refractivity contribution is 0.324. The molecular formula is C24H28N8O5S. The van der Waals surface area contributed by atoms with Gasteiger partial charge in [-0.3, -0.25) is 0 Å². The van der Waals surface area contributed by atoms with Crippen LogP contribution in [0.3, 0.4) is 0 Å². The fraction of sp³-hybridized carbons (Fsp3) is 0.167. The van der Waals surface area contributed by atoms with Gasteiger partial charge in [0.2, 0.25) is 17.6 Å². The van der Waals surface area contributed by atoms with Crippen molar-refractivity contribution in [3.05, 3.63) is 72.2 Å². The van der Waals surface area contributed by atoms with Gasteiger partial charge in [-0.2, -0.15) is 4.98 Å². The molecule has 2 aromatic carbocycles. The Morgan fingerprint density at radius 1 is 0.868 bits per heavy atom. The normalized spacial score (nSPS) is 10.6. The molecule has 200 valence electrons. The van der Waals surface area contributed by atoms with E-state index in [0.29, 0.717) is 35.2 Å². The van der Waals surface area contributed by atoms with Crippen LogP contribution in [0, 0.1) is 0 Å². The molecule has 0 radical (unpaired) electrons. The lowest BCUT2D eigenvalue weighted by Gasteiger charge is -2.14. The highest BCUT2D eigenvalue weighted by atomic mass is 32.2. The maximum atomic E-state index is 11.9. The number of hydrogen-bond acceptors (Lipinski definition) is 12. The summed E-state index contributed by atoms with van der Waals surface area (Å²) in [7, 11) is 1.04. The SMILES string of the molecule is COc1cc(Cc2cnc(N)nc2N)cc(OC)c1OC.Nc1ccc(S(=O)(=O)Nc2ncccn2)cc1. The van der Waals surface area contributed by atoms with Crippen LogP contribution < -0.4 is 36.1 Å². The Morgan fingerprint density at radius 3 is 2.00 bits per heavy atom. The van der Waals surface area contributed by atoms with Gasteiger partial charge in [0.15, 0.2) is 11.5 Å². The Hall–Kier alpha value is -4.85. The van der Waals surface area contributed by atoms with Crippen LogP contribution >= 0.6 is 0 Å². The largest absolute Gasteiger partial charge is 0.493 e. The minimum absolute atomic E-state index is 0.0318. The summed E-state index contributed by atoms with van der Waals surface area (Å²) in [5.74, 6) is 2.26. The van der Waals surface area contributed by atoms with Crippen LogP contribution in [0.5, 0.6) is 17.2 Å². The fourth-order valence-electron chi connectivity index (χ4n) is 3.21. The molecule has 0 atom stereocenters. The van der Waals surface area contributed by atoms with Gasteiger partial charge < -0.3 is 31.4 Å². The number of nitrogens with two attached hydrogens (primary N) is 3. The van der Waals surface area contributed by atoms with Gasteiger partial charge >= 0.3 is 0 Å². The van der Waals surface area contributed by atoms with Crippen LogP contribution in [0.1, 0.15) is 11.1 Å². The maximum absolute atomic E-state index is 11.9. The van der Waals surface area contributed by atoms with Crippen molar-refractivity contribution in [1.82, 2.24) is 19.9 Å². The zero-order valence-electron chi connectivity index (χ0n) is 21.0. The number of sulfonamides is 1. The van der Waals surface area contributed by atoms with E-state index in [2.05, 4.69) is 24.7 Å². The number of aromatic nitrogens is 4. The smallest absolute Gasteiger partial charge is 0.264 e. The summed E-state index contributed by atoms with van der Waals surface area (Å²) < 4.78 is 41.9. The van der Waals surface area contributed by atoms with Gasteiger partial charge in [-0.1, -0.05) is 0 Å². The molecule has 4 rings (SSSR count). The molecule has 0 bridgehead atoms. The molecule has 7 N–H and O–H groups in total. The molecule has 0 unspecified atom stereocenters. The second kappa shape index (κ2) is 12.4. The number of nitrogen functional groups attached to an aromatic ring is 3. The van der Waals surface area contributed by atoms with Gasteiger partial charge in [0.25, 0.3) is 10.0 Å². The van der Waals surface area contributed by atoms with Crippen molar-refractivity contribution in [2.75, 3.05) is 43.3 Å². The first-order chi connectivity index (χ1) is 18.2. The number of nitrogens with one attached hydrogen (secondary N) is 1. The lowest BCUT2D eigenvalue weighted by Crippen LogP contribution is -2.14. The molecule has 0 amide bonds. The predicted molar refractivity (Wildman–Crippen MR) is 143 cm³/mol. The number of anilines is 4. The molecule has 0 saturated heterocycles. The molecule has 0 aliphatic rings. The molecule has 13 nitrogen and oxygen atoms in total. The van der Waals surface area contributed by atoms with Crippen molar-refractivity contribution < 1.29 is 22.6 Å². The van der Waals surface area contributed by atoms with Gasteiger partial charge in [-0.15, -0.1) is 0 Å². The molecule has 0 saturated carbocycles. The second-order valence-corrected chi connectivity index (χ2v) is 9.28. The topological polar surface area (TPSA) is 203 Å². The van der Waals surface area contributed by atoms with E-state index < -0.39 is 10.0 Å². The molecule has 2 heterocycles. The molecule has 38 heavy (non-hydrogen) atoms. The minimum atomic E-state index is -3.66. The molecule has 2 aromatic heterocycles. The summed E-state index contributed by atoms with van der Waals surface area (Å²) in [6, 6.07) is 11.2. The highest BCUT2D eigenvalue weighted by Crippen LogP contribution is 2.38. The van der Waals surface area contributed by atoms with E-state index in [0.717, 1.165) is 11.1 Å². The molecule has 4 aromatic rings. The summed E-state index contributed by atoms with van der Waals surface area (Å²) >= 11 is 0. The molecule has 0 aliphatic heterocycles. The fourth-order valence-corrected chi connectivity index (χ4v) is 4.16. The standard InChI is InChI=1S/C14H18N4O3.C10H10N4O2S/c1-19-10-5-8(6-11(20-2)12(10)21-3)4-9-7-17-14(16)18-13(9)15;11-8-2-4-9(5-3-8)17(15,16)14-10-12-6-1-7-13-10/h5-7H,4H2,1-3H3,(H4,15,16,17,18);1-7H,11H2,(H,12,13,14). The third-order valence-corrected chi connectivity index (χ3v) is 6.36. The van der Waals surface area contributed by atoms with Crippen LogP contribution in [0.2, 0.25) is 0 Å². The van der Waals surface area contributed by atoms with Crippen molar-refractivity contribution >= 4 is 33.4 Å². The molecule has 0 spiro atoms. The number of rotatable bonds is 8. The Bertz CT molecular complexity index is 1440. The van der Waals surface area contributed by atoms with Gasteiger partial charge in [0, 0.05) is 36.3 Å². The monoisotopic (exact) mass is 540 g/mol. The van der Waals surface area contributed by atoms with Crippen molar-refractivity contribution in [2.45, 2.75) is 11.3 Å². The summed E-state index contributed by atoms with van der Waals surface area (Å²) in [5, 5.41) is 0. The molecular weight excluding hydrogens is 512 g/mol. The number of methoxy groups -OCH3 is 3. The Labute approximate surface area is 220 Å². The summed E-state index contributed by atoms with van der Waals surface area (Å²) in [6.45, 7) is 0. The lowest BCUT2D eigenvalue weighted by atomic mass is 10.1. The average Bonchev–Trinajstić information content (AvgIpc) is 2.90. The van der Waals surface area contributed by atoms with Crippen LogP contribution in [-0.2, 0) is 16.4 Å². The van der Waals surface area contributed by atoms with E-state index in [1.165, 1.54) is 36.7 Å². The van der Waals surface area contributed by atoms with Crippen molar-refractivity contribution in [3.63, 3.8) is 0 Å². The third kappa shape index (κ3) is 7.10. The number of nitrogens with zero attached hydrogens (tertiary/aromatic N) is 4. The van der Waals surface area contributed by atoms with E-state index in [1.807, 2.05) is 12.1 Å². The van der Waals surface area contributed by atoms with Crippen LogP contribution in [0.15, 0.2) is 66.0 Å². The second-order valence-electron chi connectivity index (χ2n) is 7.60. The van der Waals surface area contributed by atoms with Crippen molar-refractivity contribution in [1.29, 1.82) is 0 Å². The van der Waals surface area contributed by atoms with Gasteiger partial charge in [0.05, 0.1) is 26.2 Å². The highest BCUT2D eigenvalue weighted by Gasteiger charge is 2.15. The zero-order valence-corrected chi connectivity index (χ0v) is 21.8. The number of benzene rings is 2. The number of hydrogen-bond donors (Lipinski definition) is 4. The van der Waals surface area contributed by atoms with E-state index >= 15 is 0 Å². The van der Waals surface area contributed by atoms with E-state index in [4.69, 9.17) is 31.4 Å². The average molecular weight is 541 g/mol. The Balaban J connectivity index is 0.000000215. The van der Waals surface area contributed by atoms with Crippen molar-refractivity contribution in [3.8, 4) is 17.2 Å². The molecule has 14 heteroatoms. The van der Waals surface area contributed by atoms with Gasteiger partial charge in [-0.25, -0.2) is 28.1 Å². The first-order valence-electron chi connectivity index (χ1n) is 11.0.